The van der Waals surface area contributed by atoms with Gasteiger partial charge in [-0.1, -0.05) is 90.1 Å². The molecule has 4 fully saturated rings. The van der Waals surface area contributed by atoms with Crippen LogP contribution < -0.4 is 57.3 Å². The molecule has 0 radical (unpaired) electrons. The Morgan fingerprint density at radius 2 is 1.01 bits per heavy atom. The standard InChI is InChI=1S/C86H115N17O24/c1-44(2)64(97-85(123)127-86(8,9)10)76(114)91-47(7)73(111)92-51-31-29-48(30-32-51)43-124-58-35-49-23-15-17-25-52(49)93-65(58)77(115)95-54-37-87-79(117)67(45(3)4)100(13)62(106)41-98(11)61(105)40-90-75(113)57-28-20-22-34-103(57)82(120)55(96-78(116)66-59(36-50-24-16-18-26-53(50)94-66)125-84-71(110)69(108)70(109)72(126-84)83(121)122)38-88-80(118)68(46(5)6)101(14)63(107)42-99(12)60(104)39-89-74(112)56-27-19-21-33-102(56)81(54)119/h15-18,23-26,29-32,35-36,44-47,54-57,64,67-72,84,108-110H,19-22,27-28,33-34,37-43H2,1-14H3,(H,87,117)(H,88,118)(H,89,112)(H,90,113)(H,91,114)(H,92,111)(H,95,115)(H,96,116)(H,97,123)(H,121,122)/t47-,54+,55+,56-,57-,64-,67-,68-,69-,70-,71+,72-,84+/m0/s1. The molecule has 0 aliphatic carbocycles. The van der Waals surface area contributed by atoms with Crippen LogP contribution in [-0.4, -0.2) is 320 Å². The van der Waals surface area contributed by atoms with Crippen LogP contribution in [0.25, 0.3) is 21.8 Å². The minimum absolute atomic E-state index is 0.00377. The van der Waals surface area contributed by atoms with E-state index in [1.54, 1.807) is 135 Å². The average Bonchev–Trinajstić information content (AvgIpc) is 0.782. The number of benzene rings is 3. The lowest BCUT2D eigenvalue weighted by Crippen LogP contribution is -2.61. The van der Waals surface area contributed by atoms with E-state index in [0.717, 1.165) is 24.5 Å². The fourth-order valence-corrected chi connectivity index (χ4v) is 15.0. The van der Waals surface area contributed by atoms with Crippen LogP contribution in [0.3, 0.4) is 0 Å². The summed E-state index contributed by atoms with van der Waals surface area (Å²) in [6, 6.07) is 11.3. The number of hydrogen-bond donors (Lipinski definition) is 13. The van der Waals surface area contributed by atoms with Crippen molar-refractivity contribution in [2.75, 3.05) is 85.9 Å². The van der Waals surface area contributed by atoms with Gasteiger partial charge in [0.15, 0.2) is 29.0 Å². The Kier molecular flexibility index (Phi) is 33.5. The van der Waals surface area contributed by atoms with E-state index in [0.29, 0.717) is 53.2 Å². The topological polar surface area (TPSA) is 544 Å². The van der Waals surface area contributed by atoms with Crippen molar-refractivity contribution >= 4 is 122 Å². The van der Waals surface area contributed by atoms with Crippen molar-refractivity contribution in [3.63, 3.8) is 0 Å². The Morgan fingerprint density at radius 3 is 1.46 bits per heavy atom. The second-order valence-corrected chi connectivity index (χ2v) is 33.9. The maximum Gasteiger partial charge on any atom is 0.408 e. The summed E-state index contributed by atoms with van der Waals surface area (Å²) in [6.45, 7) is 11.8. The second kappa shape index (κ2) is 43.4. The Morgan fingerprint density at radius 1 is 0.551 bits per heavy atom. The average molecular weight is 1770 g/mol. The normalized spacial score (nSPS) is 23.6. The number of alkyl carbamates (subject to hydrolysis) is 1. The van der Waals surface area contributed by atoms with Crippen LogP contribution in [0.2, 0.25) is 0 Å². The van der Waals surface area contributed by atoms with Gasteiger partial charge in [-0.2, -0.15) is 0 Å². The third-order valence-corrected chi connectivity index (χ3v) is 22.0. The number of carbonyl (C=O) groups is 16. The summed E-state index contributed by atoms with van der Waals surface area (Å²) in [6.07, 6.45) is -9.90. The number of nitrogens with one attached hydrogen (secondary N) is 9. The van der Waals surface area contributed by atoms with Crippen LogP contribution in [0, 0.1) is 17.8 Å². The zero-order valence-corrected chi connectivity index (χ0v) is 73.5. The molecule has 4 aliphatic heterocycles. The molecule has 0 unspecified atom stereocenters. The number of aliphatic hydroxyl groups excluding tert-OH is 3. The highest BCUT2D eigenvalue weighted by Gasteiger charge is 2.49. The maximum atomic E-state index is 15.5. The maximum absolute atomic E-state index is 15.5. The first-order chi connectivity index (χ1) is 59.9. The molecule has 41 nitrogen and oxygen atoms in total. The quantitative estimate of drug-likeness (QED) is 0.0533. The monoisotopic (exact) mass is 1770 g/mol. The lowest BCUT2D eigenvalue weighted by Gasteiger charge is -2.38. The van der Waals surface area contributed by atoms with Crippen molar-refractivity contribution in [2.45, 2.75) is 199 Å². The van der Waals surface area contributed by atoms with Crippen LogP contribution in [0.4, 0.5) is 10.5 Å². The molecule has 2 aromatic heterocycles. The molecule has 688 valence electrons. The molecule has 0 bridgehead atoms. The van der Waals surface area contributed by atoms with Gasteiger partial charge in [-0.25, -0.2) is 19.6 Å². The van der Waals surface area contributed by atoms with Crippen molar-refractivity contribution < 1.29 is 116 Å². The number of likely N-dealkylation sites (N-methyl/N-ethyl adjacent to an activating group) is 4. The first kappa shape index (κ1) is 98.0. The number of pyridine rings is 2. The molecule has 15 amide bonds. The van der Waals surface area contributed by atoms with E-state index in [1.165, 1.54) is 52.1 Å². The third kappa shape index (κ3) is 25.3. The van der Waals surface area contributed by atoms with Crippen molar-refractivity contribution in [1.29, 1.82) is 0 Å². The summed E-state index contributed by atoms with van der Waals surface area (Å²) >= 11 is 0. The molecule has 4 saturated heterocycles. The van der Waals surface area contributed by atoms with Gasteiger partial charge in [0.05, 0.1) is 37.2 Å². The smallest absolute Gasteiger partial charge is 0.408 e. The third-order valence-electron chi connectivity index (χ3n) is 22.0. The highest BCUT2D eigenvalue weighted by atomic mass is 16.7. The number of para-hydroxylation sites is 2. The van der Waals surface area contributed by atoms with Crippen molar-refractivity contribution in [1.82, 2.24) is 81.9 Å². The fraction of sp³-hybridized carbons (Fsp3) is 0.535. The summed E-state index contributed by atoms with van der Waals surface area (Å²) in [5.41, 5.74) is -0.405. The SMILES string of the molecule is CC(C)[C@H](NC(=O)OC(C)(C)C)C(=O)N[C@@H](C)C(=O)Nc1ccc(COc2cc3ccccc3nc2C(=O)N[C@@H]2CNC(=O)[C@H](C(C)C)N(C)C(=O)CN(C)C(=O)CNC(=O)[C@@H]3CCCCN3C(=O)[C@H](NC(=O)c3nc4ccccc4cc3O[C@@H]3O[C@H](C(=O)O)[C@@H](O)[C@H](O)[C@H]3O)CNC(=O)[C@H](C(C)C)N(C)C(=O)CN(C)C(=O)CNC(=O)[C@@H]3CCCCN3C2=O)cc1. The predicted octanol–water partition coefficient (Wildman–Crippen LogP) is -0.354. The van der Waals surface area contributed by atoms with E-state index < -0.39 is 242 Å². The Balaban J connectivity index is 0.966. The molecule has 9 rings (SSSR count). The van der Waals surface area contributed by atoms with Gasteiger partial charge in [0.1, 0.15) is 78.9 Å². The summed E-state index contributed by atoms with van der Waals surface area (Å²) in [4.78, 5) is 243. The van der Waals surface area contributed by atoms with Crippen LogP contribution >= 0.6 is 0 Å². The van der Waals surface area contributed by atoms with E-state index in [9.17, 15) is 82.8 Å². The minimum Gasteiger partial charge on any atom is -0.486 e. The molecule has 5 aromatic rings. The molecule has 6 heterocycles. The number of amides is 15. The highest BCUT2D eigenvalue weighted by Crippen LogP contribution is 2.32. The van der Waals surface area contributed by atoms with Gasteiger partial charge < -0.3 is 117 Å². The number of carboxylic acids is 1. The molecule has 13 N–H and O–H groups in total. The van der Waals surface area contributed by atoms with Crippen LogP contribution in [0.15, 0.2) is 84.9 Å². The van der Waals surface area contributed by atoms with Crippen LogP contribution in [0.5, 0.6) is 11.5 Å². The summed E-state index contributed by atoms with van der Waals surface area (Å²) in [5, 5.41) is 66.6. The summed E-state index contributed by atoms with van der Waals surface area (Å²) in [5.74, 6) is -15.9. The van der Waals surface area contributed by atoms with E-state index in [2.05, 4.69) is 57.8 Å². The molecule has 3 aromatic carbocycles. The van der Waals surface area contributed by atoms with E-state index in [1.807, 2.05) is 0 Å². The van der Waals surface area contributed by atoms with Gasteiger partial charge in [0, 0.05) is 70.8 Å². The first-order valence-corrected chi connectivity index (χ1v) is 42.0. The lowest BCUT2D eigenvalue weighted by molar-refractivity contribution is -0.271. The number of carbonyl (C=O) groups excluding carboxylic acids is 15. The zero-order valence-electron chi connectivity index (χ0n) is 73.5. The summed E-state index contributed by atoms with van der Waals surface area (Å²) < 4.78 is 23.0. The molecule has 127 heavy (non-hydrogen) atoms. The van der Waals surface area contributed by atoms with Crippen LogP contribution in [0.1, 0.15) is 134 Å². The van der Waals surface area contributed by atoms with Crippen molar-refractivity contribution in [3.8, 4) is 11.5 Å². The second-order valence-electron chi connectivity index (χ2n) is 33.9. The largest absolute Gasteiger partial charge is 0.486 e. The van der Waals surface area contributed by atoms with Gasteiger partial charge in [0.2, 0.25) is 77.2 Å². The number of rotatable bonds is 18. The fourth-order valence-electron chi connectivity index (χ4n) is 15.0. The number of hydrogen-bond acceptors (Lipinski definition) is 25. The molecule has 0 spiro atoms. The number of aromatic nitrogens is 2. The van der Waals surface area contributed by atoms with Crippen molar-refractivity contribution in [3.05, 3.63) is 102 Å². The molecule has 0 saturated carbocycles. The van der Waals surface area contributed by atoms with Gasteiger partial charge in [-0.3, -0.25) is 67.1 Å². The molecular formula is C86H115N17O24. The predicted molar refractivity (Wildman–Crippen MR) is 455 cm³/mol. The van der Waals surface area contributed by atoms with Gasteiger partial charge >= 0.3 is 12.1 Å². The van der Waals surface area contributed by atoms with Gasteiger partial charge in [-0.05, 0) is 126 Å². The zero-order chi connectivity index (χ0) is 93.3. The number of anilines is 1. The number of aliphatic hydroxyl groups is 3. The van der Waals surface area contributed by atoms with Crippen molar-refractivity contribution in [2.24, 2.45) is 17.8 Å². The van der Waals surface area contributed by atoms with Gasteiger partial charge in [0.25, 0.3) is 11.8 Å². The first-order valence-electron chi connectivity index (χ1n) is 42.0. The minimum atomic E-state index is -2.14. The van der Waals surface area contributed by atoms with Gasteiger partial charge in [-0.15, -0.1) is 0 Å². The Labute approximate surface area is 733 Å². The number of aliphatic carboxylic acids is 1. The number of carboxylic acid groups (broad SMARTS) is 1. The molecular weight excluding hydrogens is 1660 g/mol. The number of ether oxygens (including phenoxy) is 4. The van der Waals surface area contributed by atoms with E-state index in [-0.39, 0.29) is 55.4 Å². The molecule has 4 aliphatic rings. The van der Waals surface area contributed by atoms with E-state index in [4.69, 9.17) is 18.9 Å². The summed E-state index contributed by atoms with van der Waals surface area (Å²) in [7, 11) is 5.11. The van der Waals surface area contributed by atoms with E-state index >= 15 is 14.4 Å². The molecule has 13 atom stereocenters. The lowest BCUT2D eigenvalue weighted by atomic mass is 9.99. The number of fused-ring (bicyclic) bond motifs is 4. The Bertz CT molecular complexity index is 4930. The molecule has 41 heteroatoms. The highest BCUT2D eigenvalue weighted by molar-refractivity contribution is 6.04. The van der Waals surface area contributed by atoms with Crippen LogP contribution in [-0.2, 0) is 78.4 Å². The number of nitrogens with zero attached hydrogens (tertiary/aromatic N) is 8. The number of piperidine rings is 2. The Hall–Kier alpha value is -12.8.